The number of aryl methyl sites for hydroxylation is 2. The van der Waals surface area contributed by atoms with Crippen molar-refractivity contribution in [3.8, 4) is 0 Å². The number of nitrogens with zero attached hydrogens (tertiary/aromatic N) is 2. The summed E-state index contributed by atoms with van der Waals surface area (Å²) in [4.78, 5) is 21.3. The van der Waals surface area contributed by atoms with E-state index in [9.17, 15) is 4.79 Å². The Bertz CT molecular complexity index is 1170. The van der Waals surface area contributed by atoms with Crippen LogP contribution < -0.4 is 5.63 Å². The Hall–Kier alpha value is -2.66. The zero-order valence-electron chi connectivity index (χ0n) is 14.7. The molecule has 0 N–H and O–H groups in total. The number of hydrogen-bond donors (Lipinski definition) is 0. The third kappa shape index (κ3) is 3.22. The van der Waals surface area contributed by atoms with Gasteiger partial charge in [0, 0.05) is 17.2 Å². The molecule has 2 heterocycles. The second-order valence-electron chi connectivity index (χ2n) is 6.17. The van der Waals surface area contributed by atoms with Gasteiger partial charge in [-0.2, -0.15) is 0 Å². The lowest BCUT2D eigenvalue weighted by Gasteiger charge is -2.08. The second kappa shape index (κ2) is 6.92. The van der Waals surface area contributed by atoms with Crippen LogP contribution in [0.25, 0.3) is 22.0 Å². The summed E-state index contributed by atoms with van der Waals surface area (Å²) in [5.41, 5.74) is 5.11. The molecule has 0 aliphatic rings. The summed E-state index contributed by atoms with van der Waals surface area (Å²) >= 11 is 1.59. The number of benzene rings is 2. The summed E-state index contributed by atoms with van der Waals surface area (Å²) in [7, 11) is 0. The minimum Gasteiger partial charge on any atom is -0.423 e. The molecule has 2 aromatic carbocycles. The van der Waals surface area contributed by atoms with Crippen LogP contribution in [0.3, 0.4) is 0 Å². The van der Waals surface area contributed by atoms with Crippen LogP contribution in [0.15, 0.2) is 62.8 Å². The normalized spacial score (nSPS) is 11.3. The molecule has 0 saturated heterocycles. The average molecular weight is 362 g/mol. The largest absolute Gasteiger partial charge is 0.423 e. The molecule has 0 atom stereocenters. The van der Waals surface area contributed by atoms with Crippen LogP contribution in [0, 0.1) is 6.92 Å². The van der Waals surface area contributed by atoms with Crippen LogP contribution in [-0.2, 0) is 12.2 Å². The molecular formula is C21H18N2O2S. The first-order valence-corrected chi connectivity index (χ1v) is 9.54. The van der Waals surface area contributed by atoms with Crippen LogP contribution in [0.4, 0.5) is 0 Å². The minimum absolute atomic E-state index is 0.317. The van der Waals surface area contributed by atoms with E-state index in [1.807, 2.05) is 43.3 Å². The molecular weight excluding hydrogens is 344 g/mol. The molecule has 4 aromatic rings. The molecule has 26 heavy (non-hydrogen) atoms. The fourth-order valence-corrected chi connectivity index (χ4v) is 3.92. The topological polar surface area (TPSA) is 56.0 Å². The van der Waals surface area contributed by atoms with E-state index >= 15 is 0 Å². The van der Waals surface area contributed by atoms with Gasteiger partial charge in [-0.25, -0.2) is 14.8 Å². The first kappa shape index (κ1) is 16.8. The third-order valence-electron chi connectivity index (χ3n) is 4.37. The van der Waals surface area contributed by atoms with Crippen molar-refractivity contribution in [2.24, 2.45) is 0 Å². The van der Waals surface area contributed by atoms with Gasteiger partial charge in [-0.1, -0.05) is 43.0 Å². The van der Waals surface area contributed by atoms with Gasteiger partial charge in [0.2, 0.25) is 0 Å². The zero-order chi connectivity index (χ0) is 18.1. The molecule has 0 radical (unpaired) electrons. The van der Waals surface area contributed by atoms with Crippen molar-refractivity contribution in [1.29, 1.82) is 0 Å². The van der Waals surface area contributed by atoms with Crippen molar-refractivity contribution < 1.29 is 4.42 Å². The van der Waals surface area contributed by atoms with Gasteiger partial charge in [0.15, 0.2) is 0 Å². The molecule has 0 unspecified atom stereocenters. The number of para-hydroxylation sites is 2. The van der Waals surface area contributed by atoms with Gasteiger partial charge in [0.1, 0.15) is 10.6 Å². The van der Waals surface area contributed by atoms with E-state index < -0.39 is 0 Å². The summed E-state index contributed by atoms with van der Waals surface area (Å²) < 4.78 is 5.39. The van der Waals surface area contributed by atoms with Crippen LogP contribution in [0.1, 0.15) is 23.7 Å². The minimum atomic E-state index is -0.317. The highest BCUT2D eigenvalue weighted by Crippen LogP contribution is 2.28. The van der Waals surface area contributed by atoms with E-state index in [0.29, 0.717) is 11.3 Å². The first-order chi connectivity index (χ1) is 12.6. The zero-order valence-corrected chi connectivity index (χ0v) is 15.5. The smallest absolute Gasteiger partial charge is 0.336 e. The third-order valence-corrected chi connectivity index (χ3v) is 5.48. The number of hydrogen-bond acceptors (Lipinski definition) is 5. The molecule has 0 amide bonds. The molecule has 4 nitrogen and oxygen atoms in total. The van der Waals surface area contributed by atoms with E-state index in [1.54, 1.807) is 17.8 Å². The Kier molecular flexibility index (Phi) is 4.47. The summed E-state index contributed by atoms with van der Waals surface area (Å²) in [5.74, 6) is 0.640. The molecule has 0 aliphatic carbocycles. The van der Waals surface area contributed by atoms with E-state index in [-0.39, 0.29) is 5.63 Å². The number of thioether (sulfide) groups is 1. The summed E-state index contributed by atoms with van der Waals surface area (Å²) in [5, 5.41) is 1.86. The summed E-state index contributed by atoms with van der Waals surface area (Å²) in [6, 6.07) is 15.5. The lowest BCUT2D eigenvalue weighted by atomic mass is 10.1. The van der Waals surface area contributed by atoms with E-state index in [2.05, 4.69) is 18.0 Å². The van der Waals surface area contributed by atoms with Crippen molar-refractivity contribution in [2.45, 2.75) is 31.0 Å². The van der Waals surface area contributed by atoms with Crippen LogP contribution in [-0.4, -0.2) is 9.97 Å². The Morgan fingerprint density at radius 1 is 1.04 bits per heavy atom. The molecule has 0 saturated carbocycles. The van der Waals surface area contributed by atoms with E-state index in [1.165, 1.54) is 0 Å². The monoisotopic (exact) mass is 362 g/mol. The fraction of sp³-hybridized carbons (Fsp3) is 0.190. The molecule has 2 aromatic heterocycles. The van der Waals surface area contributed by atoms with Crippen LogP contribution >= 0.6 is 11.8 Å². The van der Waals surface area contributed by atoms with Gasteiger partial charge in [0.05, 0.1) is 16.7 Å². The molecule has 0 spiro atoms. The van der Waals surface area contributed by atoms with E-state index in [4.69, 9.17) is 9.40 Å². The van der Waals surface area contributed by atoms with Crippen molar-refractivity contribution in [2.75, 3.05) is 0 Å². The Morgan fingerprint density at radius 2 is 1.81 bits per heavy atom. The standard InChI is InChI=1S/C21H18N2O2S/c1-3-14-8-9-16-15(11-20(24)25-19(16)10-14)12-26-21-13(2)22-17-6-4-5-7-18(17)23-21/h4-11H,3,12H2,1-2H3. The van der Waals surface area contributed by atoms with Gasteiger partial charge in [-0.05, 0) is 42.7 Å². The number of fused-ring (bicyclic) bond motifs is 2. The van der Waals surface area contributed by atoms with Crippen molar-refractivity contribution in [3.63, 3.8) is 0 Å². The first-order valence-electron chi connectivity index (χ1n) is 8.56. The molecule has 5 heteroatoms. The second-order valence-corrected chi connectivity index (χ2v) is 7.13. The molecule has 130 valence electrons. The van der Waals surface area contributed by atoms with Gasteiger partial charge in [-0.3, -0.25) is 0 Å². The maximum atomic E-state index is 12.0. The average Bonchev–Trinajstić information content (AvgIpc) is 2.65. The van der Waals surface area contributed by atoms with Crippen LogP contribution in [0.5, 0.6) is 0 Å². The predicted molar refractivity (Wildman–Crippen MR) is 106 cm³/mol. The molecule has 0 bridgehead atoms. The molecule has 4 rings (SSSR count). The Balaban J connectivity index is 1.70. The van der Waals surface area contributed by atoms with Crippen molar-refractivity contribution in [1.82, 2.24) is 9.97 Å². The summed E-state index contributed by atoms with van der Waals surface area (Å²) in [6.45, 7) is 4.05. The van der Waals surface area contributed by atoms with Crippen molar-refractivity contribution in [3.05, 3.63) is 75.8 Å². The highest BCUT2D eigenvalue weighted by atomic mass is 32.2. The summed E-state index contributed by atoms with van der Waals surface area (Å²) in [6.07, 6.45) is 0.907. The fourth-order valence-electron chi connectivity index (χ4n) is 2.97. The predicted octanol–water partition coefficient (Wildman–Crippen LogP) is 4.90. The van der Waals surface area contributed by atoms with Crippen molar-refractivity contribution >= 4 is 33.8 Å². The lowest BCUT2D eigenvalue weighted by molar-refractivity contribution is 0.559. The Labute approximate surface area is 155 Å². The van der Waals surface area contributed by atoms with Crippen LogP contribution in [0.2, 0.25) is 0 Å². The maximum absolute atomic E-state index is 12.0. The van der Waals surface area contributed by atoms with Gasteiger partial charge in [-0.15, -0.1) is 0 Å². The number of aromatic nitrogens is 2. The number of rotatable bonds is 4. The quantitative estimate of drug-likeness (QED) is 0.382. The van der Waals surface area contributed by atoms with Gasteiger partial charge in [0.25, 0.3) is 0 Å². The highest BCUT2D eigenvalue weighted by molar-refractivity contribution is 7.98. The SMILES string of the molecule is CCc1ccc2c(CSc3nc4ccccc4nc3C)cc(=O)oc2c1. The lowest BCUT2D eigenvalue weighted by Crippen LogP contribution is -2.01. The molecule has 0 fully saturated rings. The highest BCUT2D eigenvalue weighted by Gasteiger charge is 2.10. The van der Waals surface area contributed by atoms with E-state index in [0.717, 1.165) is 44.7 Å². The van der Waals surface area contributed by atoms with Gasteiger partial charge >= 0.3 is 5.63 Å². The Morgan fingerprint density at radius 3 is 2.58 bits per heavy atom. The van der Waals surface area contributed by atoms with Gasteiger partial charge < -0.3 is 4.42 Å². The maximum Gasteiger partial charge on any atom is 0.336 e. The molecule has 0 aliphatic heterocycles.